The summed E-state index contributed by atoms with van der Waals surface area (Å²) in [6.07, 6.45) is 19.3. The summed E-state index contributed by atoms with van der Waals surface area (Å²) in [5.41, 5.74) is 2.29. The van der Waals surface area contributed by atoms with E-state index in [1.54, 1.807) is 0 Å². The van der Waals surface area contributed by atoms with Gasteiger partial charge in [-0.1, -0.05) is 147 Å². The van der Waals surface area contributed by atoms with Crippen LogP contribution in [0.3, 0.4) is 0 Å². The molecule has 0 N–H and O–H groups in total. The Morgan fingerprint density at radius 1 is 0.600 bits per heavy atom. The Balaban J connectivity index is 1.70. The van der Waals surface area contributed by atoms with Crippen LogP contribution in [0.4, 0.5) is 0 Å². The second kappa shape index (κ2) is 18.3. The third-order valence-corrected chi connectivity index (χ3v) is 7.06. The van der Waals surface area contributed by atoms with Crippen molar-refractivity contribution in [3.8, 4) is 22.6 Å². The molecular formula is C33H52O2. The number of hydrogen-bond acceptors (Lipinski definition) is 2. The smallest absolute Gasteiger partial charge is 0.168 e. The molecule has 1 unspecified atom stereocenters. The molecule has 0 heterocycles. The van der Waals surface area contributed by atoms with E-state index < -0.39 is 0 Å². The Morgan fingerprint density at radius 3 is 1.69 bits per heavy atom. The van der Waals surface area contributed by atoms with Crippen LogP contribution in [0, 0.1) is 5.92 Å². The minimum Gasteiger partial charge on any atom is -0.489 e. The van der Waals surface area contributed by atoms with Gasteiger partial charge in [0.1, 0.15) is 0 Å². The second-order valence-electron chi connectivity index (χ2n) is 10.5. The van der Waals surface area contributed by atoms with Crippen LogP contribution in [0.1, 0.15) is 118 Å². The lowest BCUT2D eigenvalue weighted by atomic mass is 10.0. The molecule has 1 atom stereocenters. The molecule has 0 aromatic heterocycles. The minimum absolute atomic E-state index is 0.143. The standard InChI is InChI=1S/C33H52O2/c1-5-6-7-8-9-10-11-12-13-14-15-16-17-21-27-34-33-31(30-23-19-18-20-24-30)25-22-26-32(33)35-29(4)28(2)3/h18-20,22-26,28-29H,5-17,21,27H2,1-4H3. The predicted molar refractivity (Wildman–Crippen MR) is 153 cm³/mol. The molecule has 0 amide bonds. The zero-order valence-electron chi connectivity index (χ0n) is 23.2. The molecule has 2 heteroatoms. The topological polar surface area (TPSA) is 18.5 Å². The number of para-hydroxylation sites is 1. The van der Waals surface area contributed by atoms with Crippen LogP contribution in [0.25, 0.3) is 11.1 Å². The zero-order chi connectivity index (χ0) is 25.1. The van der Waals surface area contributed by atoms with Gasteiger partial charge in [-0.2, -0.15) is 0 Å². The van der Waals surface area contributed by atoms with E-state index in [0.717, 1.165) is 30.1 Å². The average molecular weight is 481 g/mol. The fourth-order valence-corrected chi connectivity index (χ4v) is 4.41. The Labute approximate surface area is 216 Å². The van der Waals surface area contributed by atoms with Crippen molar-refractivity contribution in [3.05, 3.63) is 48.5 Å². The van der Waals surface area contributed by atoms with Crippen molar-refractivity contribution in [1.82, 2.24) is 0 Å². The summed E-state index contributed by atoms with van der Waals surface area (Å²) in [6, 6.07) is 16.8. The molecule has 0 aliphatic carbocycles. The maximum absolute atomic E-state index is 6.39. The van der Waals surface area contributed by atoms with Gasteiger partial charge in [-0.3, -0.25) is 0 Å². The second-order valence-corrected chi connectivity index (χ2v) is 10.5. The summed E-state index contributed by atoms with van der Waals surface area (Å²) in [6.45, 7) is 9.56. The van der Waals surface area contributed by atoms with Crippen molar-refractivity contribution in [2.75, 3.05) is 6.61 Å². The molecule has 2 nitrogen and oxygen atoms in total. The van der Waals surface area contributed by atoms with Gasteiger partial charge in [0, 0.05) is 5.56 Å². The highest BCUT2D eigenvalue weighted by Gasteiger charge is 2.16. The van der Waals surface area contributed by atoms with Crippen LogP contribution >= 0.6 is 0 Å². The summed E-state index contributed by atoms with van der Waals surface area (Å²) in [4.78, 5) is 0. The summed E-state index contributed by atoms with van der Waals surface area (Å²) in [5, 5.41) is 0. The molecule has 2 rings (SSSR count). The molecule has 196 valence electrons. The number of unbranched alkanes of at least 4 members (excludes halogenated alkanes) is 13. The van der Waals surface area contributed by atoms with E-state index in [4.69, 9.17) is 9.47 Å². The van der Waals surface area contributed by atoms with Crippen molar-refractivity contribution >= 4 is 0 Å². The number of rotatable bonds is 20. The Morgan fingerprint density at radius 2 is 1.14 bits per heavy atom. The predicted octanol–water partition coefficient (Wildman–Crippen LogP) is 10.6. The SMILES string of the molecule is CCCCCCCCCCCCCCCCOc1c(OC(C)C(C)C)cccc1-c1ccccc1. The third-order valence-electron chi connectivity index (χ3n) is 7.06. The molecule has 0 bridgehead atoms. The molecule has 0 fully saturated rings. The molecule has 35 heavy (non-hydrogen) atoms. The fourth-order valence-electron chi connectivity index (χ4n) is 4.41. The Bertz CT molecular complexity index is 768. The Kier molecular flexibility index (Phi) is 15.3. The highest BCUT2D eigenvalue weighted by molar-refractivity contribution is 5.73. The number of ether oxygens (including phenoxy) is 2. The first-order valence-electron chi connectivity index (χ1n) is 14.6. The van der Waals surface area contributed by atoms with E-state index in [9.17, 15) is 0 Å². The van der Waals surface area contributed by atoms with Crippen molar-refractivity contribution < 1.29 is 9.47 Å². The largest absolute Gasteiger partial charge is 0.489 e. The van der Waals surface area contributed by atoms with Crippen LogP contribution in [-0.4, -0.2) is 12.7 Å². The van der Waals surface area contributed by atoms with Gasteiger partial charge in [-0.25, -0.2) is 0 Å². The minimum atomic E-state index is 0.143. The van der Waals surface area contributed by atoms with Crippen LogP contribution in [0.5, 0.6) is 11.5 Å². The summed E-state index contributed by atoms with van der Waals surface area (Å²) in [5.74, 6) is 2.20. The van der Waals surface area contributed by atoms with Crippen molar-refractivity contribution in [3.63, 3.8) is 0 Å². The fraction of sp³-hybridized carbons (Fsp3) is 0.636. The van der Waals surface area contributed by atoms with Gasteiger partial charge in [0.05, 0.1) is 12.7 Å². The lowest BCUT2D eigenvalue weighted by molar-refractivity contribution is 0.161. The first-order valence-corrected chi connectivity index (χ1v) is 14.6. The van der Waals surface area contributed by atoms with Crippen LogP contribution in [0.2, 0.25) is 0 Å². The molecule has 0 spiro atoms. The third kappa shape index (κ3) is 12.0. The normalized spacial score (nSPS) is 12.1. The van der Waals surface area contributed by atoms with E-state index in [2.05, 4.69) is 70.2 Å². The molecule has 0 aliphatic heterocycles. The molecule has 0 aliphatic rings. The monoisotopic (exact) mass is 480 g/mol. The van der Waals surface area contributed by atoms with Gasteiger partial charge in [0.15, 0.2) is 11.5 Å². The first-order chi connectivity index (χ1) is 17.1. The zero-order valence-corrected chi connectivity index (χ0v) is 23.2. The molecular weight excluding hydrogens is 428 g/mol. The van der Waals surface area contributed by atoms with Gasteiger partial charge >= 0.3 is 0 Å². The summed E-state index contributed by atoms with van der Waals surface area (Å²) in [7, 11) is 0. The van der Waals surface area contributed by atoms with Gasteiger partial charge in [-0.05, 0) is 30.9 Å². The van der Waals surface area contributed by atoms with Gasteiger partial charge in [-0.15, -0.1) is 0 Å². The van der Waals surface area contributed by atoms with Crippen molar-refractivity contribution in [2.45, 2.75) is 124 Å². The van der Waals surface area contributed by atoms with E-state index in [-0.39, 0.29) is 6.10 Å². The molecule has 0 radical (unpaired) electrons. The first kappa shape index (κ1) is 29.3. The molecule has 2 aromatic carbocycles. The van der Waals surface area contributed by atoms with E-state index >= 15 is 0 Å². The number of hydrogen-bond donors (Lipinski definition) is 0. The highest BCUT2D eigenvalue weighted by atomic mass is 16.5. The van der Waals surface area contributed by atoms with E-state index in [1.165, 1.54) is 89.0 Å². The van der Waals surface area contributed by atoms with Crippen LogP contribution in [0.15, 0.2) is 48.5 Å². The average Bonchev–Trinajstić information content (AvgIpc) is 2.87. The highest BCUT2D eigenvalue weighted by Crippen LogP contribution is 2.39. The molecule has 0 saturated carbocycles. The molecule has 2 aromatic rings. The van der Waals surface area contributed by atoms with Gasteiger partial charge in [0.25, 0.3) is 0 Å². The number of benzene rings is 2. The van der Waals surface area contributed by atoms with Crippen molar-refractivity contribution in [1.29, 1.82) is 0 Å². The van der Waals surface area contributed by atoms with Crippen LogP contribution in [-0.2, 0) is 0 Å². The quantitative estimate of drug-likeness (QED) is 0.175. The van der Waals surface area contributed by atoms with E-state index in [0.29, 0.717) is 5.92 Å². The lowest BCUT2D eigenvalue weighted by Gasteiger charge is -2.22. The summed E-state index contributed by atoms with van der Waals surface area (Å²) >= 11 is 0. The lowest BCUT2D eigenvalue weighted by Crippen LogP contribution is -2.19. The summed E-state index contributed by atoms with van der Waals surface area (Å²) < 4.78 is 12.7. The Hall–Kier alpha value is -1.96. The maximum Gasteiger partial charge on any atom is 0.168 e. The van der Waals surface area contributed by atoms with E-state index in [1.807, 2.05) is 6.07 Å². The molecule has 0 saturated heterocycles. The van der Waals surface area contributed by atoms with Crippen LogP contribution < -0.4 is 9.47 Å². The van der Waals surface area contributed by atoms with Crippen molar-refractivity contribution in [2.24, 2.45) is 5.92 Å². The van der Waals surface area contributed by atoms with Gasteiger partial charge < -0.3 is 9.47 Å². The maximum atomic E-state index is 6.39. The van der Waals surface area contributed by atoms with Gasteiger partial charge in [0.2, 0.25) is 0 Å².